The predicted octanol–water partition coefficient (Wildman–Crippen LogP) is 3.55. The van der Waals surface area contributed by atoms with E-state index in [1.54, 1.807) is 11.0 Å². The van der Waals surface area contributed by atoms with E-state index in [-0.39, 0.29) is 17.4 Å². The first-order valence-corrected chi connectivity index (χ1v) is 13.1. The van der Waals surface area contributed by atoms with E-state index in [2.05, 4.69) is 4.90 Å². The van der Waals surface area contributed by atoms with Crippen molar-refractivity contribution in [2.75, 3.05) is 46.0 Å². The number of hydrogen-bond acceptors (Lipinski definition) is 7. The van der Waals surface area contributed by atoms with Gasteiger partial charge in [0.1, 0.15) is 23.4 Å². The molecule has 3 aliphatic rings. The molecule has 196 valence electrons. The van der Waals surface area contributed by atoms with Crippen molar-refractivity contribution in [3.8, 4) is 11.5 Å². The Morgan fingerprint density at radius 2 is 1.84 bits per heavy atom. The number of ketones is 1. The lowest BCUT2D eigenvalue weighted by molar-refractivity contribution is -0.140. The lowest BCUT2D eigenvalue weighted by Gasteiger charge is -2.29. The van der Waals surface area contributed by atoms with Crippen LogP contribution in [-0.2, 0) is 20.7 Å². The van der Waals surface area contributed by atoms with Crippen LogP contribution in [0.5, 0.6) is 11.5 Å². The number of hydrogen-bond donors (Lipinski definition) is 1. The van der Waals surface area contributed by atoms with E-state index in [1.807, 2.05) is 50.2 Å². The molecule has 2 fully saturated rings. The molecule has 2 atom stereocenters. The van der Waals surface area contributed by atoms with Gasteiger partial charge in [0.15, 0.2) is 0 Å². The van der Waals surface area contributed by atoms with Gasteiger partial charge in [0, 0.05) is 38.2 Å². The Morgan fingerprint density at radius 3 is 2.57 bits per heavy atom. The van der Waals surface area contributed by atoms with E-state index < -0.39 is 17.7 Å². The number of benzene rings is 2. The third-order valence-corrected chi connectivity index (χ3v) is 7.19. The largest absolute Gasteiger partial charge is 0.507 e. The average Bonchev–Trinajstić information content (AvgIpc) is 3.40. The quantitative estimate of drug-likeness (QED) is 0.333. The highest BCUT2D eigenvalue weighted by molar-refractivity contribution is 6.46. The van der Waals surface area contributed by atoms with Crippen LogP contribution in [0.2, 0.25) is 0 Å². The van der Waals surface area contributed by atoms with Crippen LogP contribution in [0.15, 0.2) is 48.0 Å². The van der Waals surface area contributed by atoms with Gasteiger partial charge in [-0.25, -0.2) is 0 Å². The summed E-state index contributed by atoms with van der Waals surface area (Å²) in [5, 5.41) is 11.4. The fourth-order valence-electron chi connectivity index (χ4n) is 5.38. The molecule has 8 nitrogen and oxygen atoms in total. The zero-order chi connectivity index (χ0) is 25.9. The number of aliphatic hydroxyl groups excluding tert-OH is 1. The van der Waals surface area contributed by atoms with Gasteiger partial charge in [-0.1, -0.05) is 12.1 Å². The molecule has 2 aromatic carbocycles. The van der Waals surface area contributed by atoms with Crippen molar-refractivity contribution in [2.45, 2.75) is 38.8 Å². The third kappa shape index (κ3) is 5.22. The maximum atomic E-state index is 13.3. The summed E-state index contributed by atoms with van der Waals surface area (Å²) in [7, 11) is 0. The van der Waals surface area contributed by atoms with E-state index >= 15 is 0 Å². The molecule has 0 aliphatic carbocycles. The van der Waals surface area contributed by atoms with E-state index in [9.17, 15) is 14.7 Å². The van der Waals surface area contributed by atoms with Crippen molar-refractivity contribution in [1.29, 1.82) is 0 Å². The fourth-order valence-corrected chi connectivity index (χ4v) is 5.38. The monoisotopic (exact) mass is 506 g/mol. The van der Waals surface area contributed by atoms with E-state index in [4.69, 9.17) is 14.2 Å². The molecule has 0 aromatic heterocycles. The van der Waals surface area contributed by atoms with Crippen LogP contribution >= 0.6 is 0 Å². The summed E-state index contributed by atoms with van der Waals surface area (Å²) in [6, 6.07) is 12.1. The Labute approximate surface area is 217 Å². The number of aliphatic hydroxyl groups is 1. The molecule has 5 rings (SSSR count). The smallest absolute Gasteiger partial charge is 0.295 e. The minimum Gasteiger partial charge on any atom is -0.507 e. The summed E-state index contributed by atoms with van der Waals surface area (Å²) in [5.74, 6) is 0.0996. The second-order valence-corrected chi connectivity index (χ2v) is 9.76. The normalized spacial score (nSPS) is 23.2. The summed E-state index contributed by atoms with van der Waals surface area (Å²) < 4.78 is 16.8. The molecule has 37 heavy (non-hydrogen) atoms. The summed E-state index contributed by atoms with van der Waals surface area (Å²) in [6.07, 6.45) is 1.51. The first kappa shape index (κ1) is 25.3. The number of carbonyl (C=O) groups excluding carboxylic acids is 2. The van der Waals surface area contributed by atoms with Gasteiger partial charge in [-0.3, -0.25) is 14.5 Å². The lowest BCUT2D eigenvalue weighted by atomic mass is 9.94. The average molecular weight is 507 g/mol. The van der Waals surface area contributed by atoms with Crippen molar-refractivity contribution in [3.05, 3.63) is 64.7 Å². The molecule has 1 amide bonds. The zero-order valence-electron chi connectivity index (χ0n) is 21.4. The summed E-state index contributed by atoms with van der Waals surface area (Å²) >= 11 is 0. The maximum Gasteiger partial charge on any atom is 0.295 e. The fraction of sp³-hybridized carbons (Fsp3) is 0.448. The Balaban J connectivity index is 1.47. The molecule has 0 radical (unpaired) electrons. The molecule has 2 unspecified atom stereocenters. The van der Waals surface area contributed by atoms with Gasteiger partial charge in [-0.15, -0.1) is 0 Å². The topological polar surface area (TPSA) is 88.5 Å². The molecule has 3 heterocycles. The Morgan fingerprint density at radius 1 is 1.08 bits per heavy atom. The SMILES string of the molecule is CCOc1ccc(C2/C(=C(/O)c3ccc4c(c3)CC(C)O4)C(=O)C(=O)N2CCCN2CCOCC2)cc1. The van der Waals surface area contributed by atoms with Crippen LogP contribution in [-0.4, -0.2) is 78.7 Å². The summed E-state index contributed by atoms with van der Waals surface area (Å²) in [4.78, 5) is 30.5. The number of Topliss-reactive ketones (excluding diaryl/α,β-unsaturated/α-hetero) is 1. The van der Waals surface area contributed by atoms with Crippen LogP contribution in [0.1, 0.15) is 43.0 Å². The Kier molecular flexibility index (Phi) is 7.48. The van der Waals surface area contributed by atoms with Gasteiger partial charge in [0.25, 0.3) is 11.7 Å². The van der Waals surface area contributed by atoms with E-state index in [1.165, 1.54) is 0 Å². The van der Waals surface area contributed by atoms with Gasteiger partial charge >= 0.3 is 0 Å². The molecular weight excluding hydrogens is 472 g/mol. The first-order valence-electron chi connectivity index (χ1n) is 13.1. The minimum atomic E-state index is -0.677. The molecule has 0 saturated carbocycles. The van der Waals surface area contributed by atoms with Crippen molar-refractivity contribution >= 4 is 17.4 Å². The molecule has 1 N–H and O–H groups in total. The Bertz CT molecular complexity index is 1190. The molecule has 0 bridgehead atoms. The molecule has 3 aliphatic heterocycles. The third-order valence-electron chi connectivity index (χ3n) is 7.19. The second-order valence-electron chi connectivity index (χ2n) is 9.76. The van der Waals surface area contributed by atoms with Crippen molar-refractivity contribution in [1.82, 2.24) is 9.80 Å². The molecular formula is C29H34N2O6. The predicted molar refractivity (Wildman–Crippen MR) is 139 cm³/mol. The Hall–Kier alpha value is -3.36. The second kappa shape index (κ2) is 10.9. The highest BCUT2D eigenvalue weighted by Crippen LogP contribution is 2.41. The standard InChI is InChI=1S/C29H34N2O6/c1-3-36-23-8-5-20(6-9-23)26-25(27(32)21-7-10-24-22(18-21)17-19(2)37-24)28(33)29(34)31(26)12-4-11-30-13-15-35-16-14-30/h5-10,18-19,26,32H,3-4,11-17H2,1-2H3/b27-25-. The minimum absolute atomic E-state index is 0.0632. The van der Waals surface area contributed by atoms with Gasteiger partial charge in [-0.05, 0) is 61.7 Å². The van der Waals surface area contributed by atoms with Crippen molar-refractivity contribution in [2.24, 2.45) is 0 Å². The molecule has 0 spiro atoms. The van der Waals surface area contributed by atoms with Crippen LogP contribution in [0.25, 0.3) is 5.76 Å². The maximum absolute atomic E-state index is 13.3. The van der Waals surface area contributed by atoms with E-state index in [0.29, 0.717) is 44.1 Å². The van der Waals surface area contributed by atoms with E-state index in [0.717, 1.165) is 42.9 Å². The van der Waals surface area contributed by atoms with Crippen molar-refractivity contribution in [3.63, 3.8) is 0 Å². The molecule has 2 aromatic rings. The number of ether oxygens (including phenoxy) is 3. The van der Waals surface area contributed by atoms with Crippen LogP contribution in [0.3, 0.4) is 0 Å². The first-order chi connectivity index (χ1) is 18.0. The number of carbonyl (C=O) groups is 2. The van der Waals surface area contributed by atoms with Crippen LogP contribution in [0.4, 0.5) is 0 Å². The number of fused-ring (bicyclic) bond motifs is 1. The molecule has 8 heteroatoms. The molecule has 2 saturated heterocycles. The van der Waals surface area contributed by atoms with Gasteiger partial charge in [-0.2, -0.15) is 0 Å². The lowest BCUT2D eigenvalue weighted by Crippen LogP contribution is -2.38. The zero-order valence-corrected chi connectivity index (χ0v) is 21.4. The van der Waals surface area contributed by atoms with Crippen LogP contribution < -0.4 is 9.47 Å². The number of amides is 1. The number of rotatable bonds is 8. The van der Waals surface area contributed by atoms with Gasteiger partial charge in [0.05, 0.1) is 31.4 Å². The highest BCUT2D eigenvalue weighted by Gasteiger charge is 2.46. The van der Waals surface area contributed by atoms with Gasteiger partial charge < -0.3 is 24.2 Å². The number of morpholine rings is 1. The highest BCUT2D eigenvalue weighted by atomic mass is 16.5. The number of likely N-dealkylation sites (tertiary alicyclic amines) is 1. The summed E-state index contributed by atoms with van der Waals surface area (Å²) in [6.45, 7) is 8.82. The van der Waals surface area contributed by atoms with Crippen molar-refractivity contribution < 1.29 is 28.9 Å². The number of nitrogens with zero attached hydrogens (tertiary/aromatic N) is 2. The van der Waals surface area contributed by atoms with Gasteiger partial charge in [0.2, 0.25) is 0 Å². The summed E-state index contributed by atoms with van der Waals surface area (Å²) in [5.41, 5.74) is 2.37. The van der Waals surface area contributed by atoms with Crippen LogP contribution in [0, 0.1) is 0 Å².